The number of aromatic nitrogens is 2. The summed E-state index contributed by atoms with van der Waals surface area (Å²) >= 11 is 0. The Morgan fingerprint density at radius 3 is 2.61 bits per heavy atom. The summed E-state index contributed by atoms with van der Waals surface area (Å²) in [7, 11) is 0. The first-order chi connectivity index (χ1) is 19.8. The Morgan fingerprint density at radius 1 is 1.12 bits per heavy atom. The third-order valence-electron chi connectivity index (χ3n) is 9.93. The Morgan fingerprint density at radius 2 is 1.88 bits per heavy atom. The molecule has 2 amide bonds. The third kappa shape index (κ3) is 7.30. The fourth-order valence-electron chi connectivity index (χ4n) is 7.48. The van der Waals surface area contributed by atoms with E-state index in [-0.39, 0.29) is 23.9 Å². The van der Waals surface area contributed by atoms with E-state index < -0.39 is 0 Å². The van der Waals surface area contributed by atoms with E-state index in [1.807, 2.05) is 17.9 Å². The maximum absolute atomic E-state index is 13.7. The summed E-state index contributed by atoms with van der Waals surface area (Å²) in [5, 5.41) is 15.4. The van der Waals surface area contributed by atoms with Gasteiger partial charge in [0.1, 0.15) is 5.56 Å². The van der Waals surface area contributed by atoms with Crippen LogP contribution in [-0.4, -0.2) is 58.3 Å². The number of hydrogen-bond donors (Lipinski definition) is 2. The predicted molar refractivity (Wildman–Crippen MR) is 157 cm³/mol. The quantitative estimate of drug-likeness (QED) is 0.190. The van der Waals surface area contributed by atoms with Crippen LogP contribution in [0.1, 0.15) is 95.3 Å². The van der Waals surface area contributed by atoms with Crippen molar-refractivity contribution in [1.82, 2.24) is 20.0 Å². The van der Waals surface area contributed by atoms with Gasteiger partial charge < -0.3 is 20.8 Å². The fraction of sp³-hybridized carbons (Fsp3) is 0.774. The lowest BCUT2D eigenvalue weighted by Crippen LogP contribution is -2.41. The number of nitrogens with two attached hydrogens (primary N) is 1. The molecule has 226 valence electrons. The van der Waals surface area contributed by atoms with Crippen LogP contribution in [0.15, 0.2) is 28.2 Å². The summed E-state index contributed by atoms with van der Waals surface area (Å²) in [5.74, 6) is 8.61. The van der Waals surface area contributed by atoms with Crippen molar-refractivity contribution in [2.75, 3.05) is 19.7 Å². The molecule has 1 aromatic heterocycles. The lowest BCUT2D eigenvalue weighted by Gasteiger charge is -2.29. The molecule has 4 fully saturated rings. The van der Waals surface area contributed by atoms with Crippen molar-refractivity contribution < 1.29 is 14.3 Å². The Kier molecular flexibility index (Phi) is 9.65. The van der Waals surface area contributed by atoms with Gasteiger partial charge in [0.15, 0.2) is 0 Å². The van der Waals surface area contributed by atoms with Crippen molar-refractivity contribution in [1.29, 1.82) is 0 Å². The number of carbonyl (C=O) groups is 2. The molecule has 0 aromatic carbocycles. The number of allylic oxidation sites excluding steroid dienone is 1. The van der Waals surface area contributed by atoms with Crippen LogP contribution < -0.4 is 15.9 Å². The minimum Gasteiger partial charge on any atom is -0.477 e. The molecule has 4 aliphatic rings. The van der Waals surface area contributed by atoms with E-state index in [2.05, 4.69) is 34.6 Å². The Balaban J connectivity index is 1.28. The topological polar surface area (TPSA) is 127 Å². The highest BCUT2D eigenvalue weighted by atomic mass is 16.5. The molecule has 1 aromatic rings. The number of hydrogen-bond acceptors (Lipinski definition) is 6. The number of amides is 2. The predicted octanol–water partition coefficient (Wildman–Crippen LogP) is 4.91. The van der Waals surface area contributed by atoms with Crippen LogP contribution in [-0.2, 0) is 11.3 Å². The van der Waals surface area contributed by atoms with Gasteiger partial charge in [0, 0.05) is 24.7 Å². The minimum absolute atomic E-state index is 0.0125. The molecule has 2 heterocycles. The van der Waals surface area contributed by atoms with Crippen LogP contribution in [0.3, 0.4) is 0 Å². The zero-order valence-corrected chi connectivity index (χ0v) is 25.1. The van der Waals surface area contributed by atoms with Crippen LogP contribution in [0, 0.1) is 29.6 Å². The van der Waals surface area contributed by atoms with Crippen molar-refractivity contribution in [2.24, 2.45) is 45.8 Å². The van der Waals surface area contributed by atoms with Crippen LogP contribution in [0.25, 0.3) is 0 Å². The van der Waals surface area contributed by atoms with E-state index in [9.17, 15) is 9.59 Å². The number of nitrogens with one attached hydrogen (secondary N) is 1. The summed E-state index contributed by atoms with van der Waals surface area (Å²) in [6.45, 7) is 8.68. The SMILES string of the molecule is C/C(=C\Cn1ncc(C(=O)NC2C(C)CC(C)CC3CC32)c1OCC1CCCCC1)C(=O)N1CCC(N=NN)CC1. The van der Waals surface area contributed by atoms with Crippen LogP contribution in [0.4, 0.5) is 0 Å². The molecular weight excluding hydrogens is 518 g/mol. The Labute approximate surface area is 244 Å². The van der Waals surface area contributed by atoms with Gasteiger partial charge in [-0.15, -0.1) is 0 Å². The summed E-state index contributed by atoms with van der Waals surface area (Å²) in [4.78, 5) is 28.6. The van der Waals surface area contributed by atoms with Gasteiger partial charge in [-0.05, 0) is 81.5 Å². The molecule has 0 spiro atoms. The lowest BCUT2D eigenvalue weighted by molar-refractivity contribution is -0.128. The molecule has 5 atom stereocenters. The van der Waals surface area contributed by atoms with Gasteiger partial charge >= 0.3 is 0 Å². The van der Waals surface area contributed by atoms with E-state index in [1.54, 1.807) is 10.9 Å². The van der Waals surface area contributed by atoms with E-state index in [0.29, 0.717) is 66.9 Å². The van der Waals surface area contributed by atoms with Gasteiger partial charge in [-0.25, -0.2) is 4.68 Å². The second-order valence-corrected chi connectivity index (χ2v) is 13.2. The molecule has 0 radical (unpaired) electrons. The molecule has 1 saturated heterocycles. The van der Waals surface area contributed by atoms with Gasteiger partial charge in [-0.1, -0.05) is 44.4 Å². The summed E-state index contributed by atoms with van der Waals surface area (Å²) < 4.78 is 8.13. The first-order valence-corrected chi connectivity index (χ1v) is 15.9. The number of carbonyl (C=O) groups excluding carboxylic acids is 2. The van der Waals surface area contributed by atoms with E-state index in [1.165, 1.54) is 32.1 Å². The number of likely N-dealkylation sites (tertiary alicyclic amines) is 1. The maximum Gasteiger partial charge on any atom is 0.258 e. The minimum atomic E-state index is -0.0961. The molecule has 10 nitrogen and oxygen atoms in total. The highest BCUT2D eigenvalue weighted by Gasteiger charge is 2.48. The summed E-state index contributed by atoms with van der Waals surface area (Å²) in [5.41, 5.74) is 1.15. The van der Waals surface area contributed by atoms with Crippen molar-refractivity contribution >= 4 is 11.8 Å². The fourth-order valence-corrected chi connectivity index (χ4v) is 7.48. The average Bonchev–Trinajstić information content (AvgIpc) is 3.62. The van der Waals surface area contributed by atoms with Crippen molar-refractivity contribution in [2.45, 2.75) is 104 Å². The van der Waals surface area contributed by atoms with E-state index >= 15 is 0 Å². The van der Waals surface area contributed by atoms with E-state index in [0.717, 1.165) is 38.0 Å². The second kappa shape index (κ2) is 13.4. The van der Waals surface area contributed by atoms with Gasteiger partial charge in [0.25, 0.3) is 5.91 Å². The molecule has 3 saturated carbocycles. The largest absolute Gasteiger partial charge is 0.477 e. The first kappa shape index (κ1) is 29.6. The van der Waals surface area contributed by atoms with Gasteiger partial charge in [0.05, 0.1) is 25.4 Å². The second-order valence-electron chi connectivity index (χ2n) is 13.2. The molecule has 3 N–H and O–H groups in total. The molecule has 0 bridgehead atoms. The third-order valence-corrected chi connectivity index (χ3v) is 9.93. The highest BCUT2D eigenvalue weighted by molar-refractivity contribution is 5.96. The standard InChI is InChI=1S/C31H49N7O3/c1-20-15-22(3)28(26-17-24(26)16-20)34-29(39)27-18-33-38(31(27)41-19-23-7-5-4-6-8-23)14-9-21(2)30(40)37-12-10-25(11-13-37)35-36-32/h9,18,20,22-26,28H,4-8,10-17,19H2,1-3H3,(H2,32,35)(H,34,39)/b21-9+. The molecule has 5 rings (SSSR count). The van der Waals surface area contributed by atoms with Crippen molar-refractivity contribution in [3.8, 4) is 5.88 Å². The monoisotopic (exact) mass is 567 g/mol. The van der Waals surface area contributed by atoms with Gasteiger partial charge in [-0.3, -0.25) is 9.59 Å². The number of piperidine rings is 1. The number of fused-ring (bicyclic) bond motifs is 1. The molecule has 3 aliphatic carbocycles. The summed E-state index contributed by atoms with van der Waals surface area (Å²) in [6.07, 6.45) is 14.8. The molecule has 10 heteroatoms. The number of nitrogens with zero attached hydrogens (tertiary/aromatic N) is 5. The highest BCUT2D eigenvalue weighted by Crippen LogP contribution is 2.51. The molecule has 5 unspecified atom stereocenters. The number of ether oxygens (including phenoxy) is 1. The summed E-state index contributed by atoms with van der Waals surface area (Å²) in [6, 6.07) is 0.281. The smallest absolute Gasteiger partial charge is 0.258 e. The van der Waals surface area contributed by atoms with Crippen LogP contribution >= 0.6 is 0 Å². The molecule has 1 aliphatic heterocycles. The zero-order chi connectivity index (χ0) is 28.9. The number of rotatable bonds is 9. The zero-order valence-electron chi connectivity index (χ0n) is 25.1. The molecular formula is C31H49N7O3. The lowest BCUT2D eigenvalue weighted by atomic mass is 9.90. The van der Waals surface area contributed by atoms with E-state index in [4.69, 9.17) is 10.6 Å². The van der Waals surface area contributed by atoms with Gasteiger partial charge in [0.2, 0.25) is 11.8 Å². The van der Waals surface area contributed by atoms with Crippen LogP contribution in [0.5, 0.6) is 5.88 Å². The van der Waals surface area contributed by atoms with Crippen LogP contribution in [0.2, 0.25) is 0 Å². The van der Waals surface area contributed by atoms with Crippen molar-refractivity contribution in [3.63, 3.8) is 0 Å². The van der Waals surface area contributed by atoms with Gasteiger partial charge in [-0.2, -0.15) is 10.2 Å². The maximum atomic E-state index is 13.7. The normalized spacial score (nSPS) is 29.7. The molecule has 41 heavy (non-hydrogen) atoms. The first-order valence-electron chi connectivity index (χ1n) is 15.9. The average molecular weight is 568 g/mol. The Hall–Kier alpha value is -2.91. The van der Waals surface area contributed by atoms with Crippen molar-refractivity contribution in [3.05, 3.63) is 23.4 Å². The Bertz CT molecular complexity index is 1120.